The summed E-state index contributed by atoms with van der Waals surface area (Å²) in [4.78, 5) is 6.06. The first-order chi connectivity index (χ1) is 10.2. The zero-order chi connectivity index (χ0) is 15.2. The Balaban J connectivity index is 2.20. The molecule has 1 heterocycles. The second-order valence-corrected chi connectivity index (χ2v) is 6.83. The molecule has 1 N–H and O–H groups in total. The molecule has 3 heteroatoms. The molecule has 1 aromatic carbocycles. The highest BCUT2D eigenvalue weighted by Gasteiger charge is 2.22. The van der Waals surface area contributed by atoms with Crippen molar-refractivity contribution in [1.29, 1.82) is 0 Å². The van der Waals surface area contributed by atoms with E-state index in [1.54, 1.807) is 0 Å². The van der Waals surface area contributed by atoms with Crippen LogP contribution in [0.1, 0.15) is 47.3 Å². The van der Waals surface area contributed by atoms with Gasteiger partial charge in [0.1, 0.15) is 0 Å². The van der Waals surface area contributed by atoms with Gasteiger partial charge >= 0.3 is 0 Å². The molecule has 0 saturated heterocycles. The first-order valence-corrected chi connectivity index (χ1v) is 8.68. The molecule has 0 bridgehead atoms. The number of rotatable bonds is 7. The summed E-state index contributed by atoms with van der Waals surface area (Å²) in [5, 5.41) is 4.93. The molecule has 0 saturated carbocycles. The topological polar surface area (TPSA) is 24.9 Å². The molecule has 0 aliphatic heterocycles. The van der Waals surface area contributed by atoms with Gasteiger partial charge in [0.25, 0.3) is 0 Å². The molecule has 2 aromatic rings. The van der Waals surface area contributed by atoms with Crippen LogP contribution in [-0.4, -0.2) is 17.6 Å². The minimum atomic E-state index is 0.451. The van der Waals surface area contributed by atoms with Gasteiger partial charge in [-0.2, -0.15) is 0 Å². The van der Waals surface area contributed by atoms with Crippen molar-refractivity contribution in [3.05, 3.63) is 51.5 Å². The number of aryl methyl sites for hydroxylation is 2. The van der Waals surface area contributed by atoms with Gasteiger partial charge < -0.3 is 5.32 Å². The van der Waals surface area contributed by atoms with E-state index in [0.717, 1.165) is 19.4 Å². The van der Waals surface area contributed by atoms with Gasteiger partial charge in [-0.15, -0.1) is 11.3 Å². The molecule has 0 aliphatic rings. The molecular weight excluding hydrogens is 276 g/mol. The Kier molecular flexibility index (Phi) is 5.95. The number of thiazole rings is 1. The lowest BCUT2D eigenvalue weighted by molar-refractivity contribution is 0.427. The van der Waals surface area contributed by atoms with Crippen molar-refractivity contribution < 1.29 is 0 Å². The van der Waals surface area contributed by atoms with Crippen LogP contribution in [0.5, 0.6) is 0 Å². The number of aromatic nitrogens is 1. The van der Waals surface area contributed by atoms with E-state index in [1.807, 2.05) is 11.3 Å². The van der Waals surface area contributed by atoms with Crippen LogP contribution in [0.15, 0.2) is 30.3 Å². The third-order valence-corrected chi connectivity index (χ3v) is 5.18. The average molecular weight is 302 g/mol. The highest BCUT2D eigenvalue weighted by Crippen LogP contribution is 2.27. The normalized spacial score (nSPS) is 14.1. The van der Waals surface area contributed by atoms with Crippen LogP contribution in [0, 0.1) is 13.8 Å². The lowest BCUT2D eigenvalue weighted by Gasteiger charge is -2.27. The van der Waals surface area contributed by atoms with E-state index in [9.17, 15) is 0 Å². The highest BCUT2D eigenvalue weighted by molar-refractivity contribution is 7.11. The molecule has 1 aromatic heterocycles. The summed E-state index contributed by atoms with van der Waals surface area (Å²) >= 11 is 1.84. The second kappa shape index (κ2) is 7.71. The van der Waals surface area contributed by atoms with Crippen LogP contribution in [0.2, 0.25) is 0 Å². The van der Waals surface area contributed by atoms with Crippen LogP contribution in [0.3, 0.4) is 0 Å². The van der Waals surface area contributed by atoms with Gasteiger partial charge in [0.2, 0.25) is 0 Å². The summed E-state index contributed by atoms with van der Waals surface area (Å²) < 4.78 is 0. The number of nitrogens with one attached hydrogen (secondary N) is 1. The molecule has 2 unspecified atom stereocenters. The van der Waals surface area contributed by atoms with Crippen LogP contribution in [0.4, 0.5) is 0 Å². The molecule has 114 valence electrons. The van der Waals surface area contributed by atoms with E-state index in [2.05, 4.69) is 63.3 Å². The quantitative estimate of drug-likeness (QED) is 0.816. The van der Waals surface area contributed by atoms with Crippen molar-refractivity contribution in [1.82, 2.24) is 10.3 Å². The van der Waals surface area contributed by atoms with Crippen molar-refractivity contribution >= 4 is 11.3 Å². The zero-order valence-electron chi connectivity index (χ0n) is 13.5. The zero-order valence-corrected chi connectivity index (χ0v) is 14.3. The maximum absolute atomic E-state index is 4.72. The molecule has 0 radical (unpaired) electrons. The first kappa shape index (κ1) is 16.2. The third-order valence-electron chi connectivity index (χ3n) is 4.09. The Bertz CT molecular complexity index is 528. The molecule has 2 atom stereocenters. The molecule has 0 aliphatic carbocycles. The largest absolute Gasteiger partial charge is 0.313 e. The average Bonchev–Trinajstić information content (AvgIpc) is 2.79. The third kappa shape index (κ3) is 4.14. The first-order valence-electron chi connectivity index (χ1n) is 7.86. The van der Waals surface area contributed by atoms with Crippen LogP contribution in [0.25, 0.3) is 0 Å². The van der Waals surface area contributed by atoms with Gasteiger partial charge in [-0.1, -0.05) is 44.2 Å². The lowest BCUT2D eigenvalue weighted by atomic mass is 9.87. The fraction of sp³-hybridized carbons (Fsp3) is 0.500. The number of hydrogen-bond acceptors (Lipinski definition) is 3. The molecule has 2 rings (SSSR count). The molecular formula is C18H26N2S. The van der Waals surface area contributed by atoms with E-state index in [-0.39, 0.29) is 0 Å². The molecule has 0 fully saturated rings. The monoisotopic (exact) mass is 302 g/mol. The van der Waals surface area contributed by atoms with Crippen LogP contribution < -0.4 is 5.32 Å². The van der Waals surface area contributed by atoms with Crippen molar-refractivity contribution in [3.63, 3.8) is 0 Å². The minimum absolute atomic E-state index is 0.451. The van der Waals surface area contributed by atoms with E-state index in [4.69, 9.17) is 4.98 Å². The van der Waals surface area contributed by atoms with Crippen molar-refractivity contribution in [2.75, 3.05) is 6.54 Å². The van der Waals surface area contributed by atoms with E-state index in [1.165, 1.54) is 21.1 Å². The molecule has 0 spiro atoms. The Labute approximate surface area is 132 Å². The highest BCUT2D eigenvalue weighted by atomic mass is 32.1. The maximum Gasteiger partial charge on any atom is 0.0946 e. The SMILES string of the molecule is CCNC(Cc1nc(C)c(C)s1)C(CC)c1ccccc1. The summed E-state index contributed by atoms with van der Waals surface area (Å²) in [5.74, 6) is 0.538. The van der Waals surface area contributed by atoms with Crippen molar-refractivity contribution in [2.45, 2.75) is 52.5 Å². The molecule has 21 heavy (non-hydrogen) atoms. The summed E-state index contributed by atoms with van der Waals surface area (Å²) in [6.07, 6.45) is 2.16. The smallest absolute Gasteiger partial charge is 0.0946 e. The van der Waals surface area contributed by atoms with Gasteiger partial charge in [-0.3, -0.25) is 0 Å². The fourth-order valence-electron chi connectivity index (χ4n) is 2.89. The predicted octanol–water partition coefficient (Wildman–Crippen LogP) is 4.47. The van der Waals surface area contributed by atoms with E-state index in [0.29, 0.717) is 12.0 Å². The summed E-state index contributed by atoms with van der Waals surface area (Å²) in [6.45, 7) is 9.72. The Hall–Kier alpha value is -1.19. The fourth-order valence-corrected chi connectivity index (χ4v) is 3.88. The number of likely N-dealkylation sites (N-methyl/N-ethyl adjacent to an activating group) is 1. The lowest BCUT2D eigenvalue weighted by Crippen LogP contribution is -2.36. The van der Waals surface area contributed by atoms with Gasteiger partial charge in [-0.05, 0) is 38.3 Å². The van der Waals surface area contributed by atoms with Crippen LogP contribution >= 0.6 is 11.3 Å². The van der Waals surface area contributed by atoms with Crippen molar-refractivity contribution in [3.8, 4) is 0 Å². The Morgan fingerprint density at radius 2 is 1.86 bits per heavy atom. The van der Waals surface area contributed by atoms with Gasteiger partial charge in [0.15, 0.2) is 0 Å². The molecule has 0 amide bonds. The Morgan fingerprint density at radius 1 is 1.14 bits per heavy atom. The second-order valence-electron chi connectivity index (χ2n) is 5.54. The Morgan fingerprint density at radius 3 is 2.38 bits per heavy atom. The summed E-state index contributed by atoms with van der Waals surface area (Å²) in [5.41, 5.74) is 2.61. The predicted molar refractivity (Wildman–Crippen MR) is 92.2 cm³/mol. The number of nitrogens with zero attached hydrogens (tertiary/aromatic N) is 1. The van der Waals surface area contributed by atoms with E-state index >= 15 is 0 Å². The van der Waals surface area contributed by atoms with Crippen LogP contribution in [-0.2, 0) is 6.42 Å². The van der Waals surface area contributed by atoms with Crippen molar-refractivity contribution in [2.24, 2.45) is 0 Å². The summed E-state index contributed by atoms with van der Waals surface area (Å²) in [6, 6.07) is 11.3. The standard InChI is InChI=1S/C18H26N2S/c1-5-16(15-10-8-7-9-11-15)17(19-6-2)12-18-20-13(3)14(4)21-18/h7-11,16-17,19H,5-6,12H2,1-4H3. The van der Waals surface area contributed by atoms with Gasteiger partial charge in [-0.25, -0.2) is 4.98 Å². The number of benzene rings is 1. The van der Waals surface area contributed by atoms with Gasteiger partial charge in [0, 0.05) is 17.3 Å². The van der Waals surface area contributed by atoms with Gasteiger partial charge in [0.05, 0.1) is 10.7 Å². The number of hydrogen-bond donors (Lipinski definition) is 1. The summed E-state index contributed by atoms with van der Waals surface area (Å²) in [7, 11) is 0. The van der Waals surface area contributed by atoms with E-state index < -0.39 is 0 Å². The minimum Gasteiger partial charge on any atom is -0.313 e. The maximum atomic E-state index is 4.72. The molecule has 2 nitrogen and oxygen atoms in total.